The van der Waals surface area contributed by atoms with Gasteiger partial charge in [0.1, 0.15) is 5.75 Å². The highest BCUT2D eigenvalue weighted by molar-refractivity contribution is 6.30. The Balaban J connectivity index is 2.02. The van der Waals surface area contributed by atoms with Crippen LogP contribution in [0.15, 0.2) is 24.3 Å². The van der Waals surface area contributed by atoms with Crippen molar-refractivity contribution in [3.8, 4) is 5.75 Å². The summed E-state index contributed by atoms with van der Waals surface area (Å²) in [7, 11) is 0. The summed E-state index contributed by atoms with van der Waals surface area (Å²) in [6.07, 6.45) is 3.24. The average molecular weight is 271 g/mol. The number of hydrogen-bond donors (Lipinski definition) is 0. The Morgan fingerprint density at radius 3 is 2.56 bits per heavy atom. The summed E-state index contributed by atoms with van der Waals surface area (Å²) >= 11 is 5.77. The van der Waals surface area contributed by atoms with Gasteiger partial charge in [-0.3, -0.25) is 4.79 Å². The molecule has 0 atom stereocenters. The van der Waals surface area contributed by atoms with Crippen LogP contribution in [0.2, 0.25) is 5.02 Å². The molecular formula is C14H19ClO3. The van der Waals surface area contributed by atoms with Crippen molar-refractivity contribution < 1.29 is 14.3 Å². The van der Waals surface area contributed by atoms with Gasteiger partial charge in [0, 0.05) is 11.4 Å². The molecule has 0 saturated carbocycles. The predicted molar refractivity (Wildman–Crippen MR) is 72.0 cm³/mol. The topological polar surface area (TPSA) is 35.5 Å². The first-order chi connectivity index (χ1) is 8.72. The highest BCUT2D eigenvalue weighted by Gasteiger charge is 2.00. The van der Waals surface area contributed by atoms with Crippen LogP contribution in [0.25, 0.3) is 0 Å². The lowest BCUT2D eigenvalue weighted by Crippen LogP contribution is -2.04. The number of hydrogen-bond acceptors (Lipinski definition) is 3. The molecule has 1 rings (SSSR count). The molecule has 0 aliphatic carbocycles. The summed E-state index contributed by atoms with van der Waals surface area (Å²) in [6, 6.07) is 7.30. The van der Waals surface area contributed by atoms with Crippen LogP contribution >= 0.6 is 11.6 Å². The van der Waals surface area contributed by atoms with Gasteiger partial charge in [0.05, 0.1) is 13.2 Å². The zero-order chi connectivity index (χ0) is 13.2. The molecule has 0 amide bonds. The second kappa shape index (κ2) is 8.81. The smallest absolute Gasteiger partial charge is 0.305 e. The lowest BCUT2D eigenvalue weighted by atomic mass is 10.2. The van der Waals surface area contributed by atoms with E-state index in [1.54, 1.807) is 12.1 Å². The molecule has 1 aromatic rings. The molecule has 0 heterocycles. The first-order valence-electron chi connectivity index (χ1n) is 6.26. The van der Waals surface area contributed by atoms with Crippen LogP contribution in [0.5, 0.6) is 5.75 Å². The summed E-state index contributed by atoms with van der Waals surface area (Å²) in [5, 5.41) is 0.705. The zero-order valence-electron chi connectivity index (χ0n) is 10.7. The normalized spacial score (nSPS) is 10.1. The Kier molecular flexibility index (Phi) is 7.26. The van der Waals surface area contributed by atoms with Crippen LogP contribution in [-0.4, -0.2) is 19.2 Å². The van der Waals surface area contributed by atoms with Crippen molar-refractivity contribution in [2.75, 3.05) is 13.2 Å². The van der Waals surface area contributed by atoms with Crippen molar-refractivity contribution in [2.45, 2.75) is 32.6 Å². The predicted octanol–water partition coefficient (Wildman–Crippen LogP) is 3.84. The maximum Gasteiger partial charge on any atom is 0.305 e. The minimum atomic E-state index is -0.115. The SMILES string of the molecule is CCOC(=O)CCCCCOc1ccc(Cl)cc1. The second-order valence-electron chi connectivity index (χ2n) is 3.92. The third-order valence-electron chi connectivity index (χ3n) is 2.41. The minimum Gasteiger partial charge on any atom is -0.494 e. The monoisotopic (exact) mass is 270 g/mol. The highest BCUT2D eigenvalue weighted by atomic mass is 35.5. The number of carbonyl (C=O) groups is 1. The fourth-order valence-electron chi connectivity index (χ4n) is 1.50. The molecule has 3 nitrogen and oxygen atoms in total. The fourth-order valence-corrected chi connectivity index (χ4v) is 1.63. The molecule has 0 aromatic heterocycles. The molecular weight excluding hydrogens is 252 g/mol. The van der Waals surface area contributed by atoms with Crippen molar-refractivity contribution in [1.82, 2.24) is 0 Å². The van der Waals surface area contributed by atoms with Gasteiger partial charge < -0.3 is 9.47 Å². The molecule has 0 radical (unpaired) electrons. The molecule has 0 saturated heterocycles. The van der Waals surface area contributed by atoms with E-state index in [1.165, 1.54) is 0 Å². The van der Waals surface area contributed by atoms with Gasteiger partial charge in [-0.05, 0) is 50.5 Å². The first kappa shape index (κ1) is 14.8. The van der Waals surface area contributed by atoms with E-state index in [0.29, 0.717) is 24.7 Å². The van der Waals surface area contributed by atoms with Crippen molar-refractivity contribution in [3.05, 3.63) is 29.3 Å². The van der Waals surface area contributed by atoms with Crippen molar-refractivity contribution in [2.24, 2.45) is 0 Å². The Labute approximate surface area is 113 Å². The molecule has 18 heavy (non-hydrogen) atoms. The number of carbonyl (C=O) groups excluding carboxylic acids is 1. The molecule has 0 N–H and O–H groups in total. The molecule has 4 heteroatoms. The number of unbranched alkanes of at least 4 members (excludes halogenated alkanes) is 2. The van der Waals surface area contributed by atoms with Crippen LogP contribution in [0.4, 0.5) is 0 Å². The molecule has 0 fully saturated rings. The molecule has 1 aromatic carbocycles. The van der Waals surface area contributed by atoms with Gasteiger partial charge in [0.15, 0.2) is 0 Å². The number of ether oxygens (including phenoxy) is 2. The Morgan fingerprint density at radius 1 is 1.17 bits per heavy atom. The summed E-state index contributed by atoms with van der Waals surface area (Å²) in [4.78, 5) is 11.1. The van der Waals surface area contributed by atoms with Gasteiger partial charge in [-0.15, -0.1) is 0 Å². The quantitative estimate of drug-likeness (QED) is 0.532. The average Bonchev–Trinajstić information content (AvgIpc) is 2.36. The van der Waals surface area contributed by atoms with E-state index >= 15 is 0 Å². The number of benzene rings is 1. The standard InChI is InChI=1S/C14H19ClO3/c1-2-17-14(16)6-4-3-5-11-18-13-9-7-12(15)8-10-13/h7-10H,2-6,11H2,1H3. The zero-order valence-corrected chi connectivity index (χ0v) is 11.4. The fraction of sp³-hybridized carbons (Fsp3) is 0.500. The van der Waals surface area contributed by atoms with E-state index < -0.39 is 0 Å². The minimum absolute atomic E-state index is 0.115. The number of rotatable bonds is 8. The first-order valence-corrected chi connectivity index (χ1v) is 6.64. The van der Waals surface area contributed by atoms with E-state index in [2.05, 4.69) is 0 Å². The van der Waals surface area contributed by atoms with E-state index in [4.69, 9.17) is 21.1 Å². The summed E-state index contributed by atoms with van der Waals surface area (Å²) < 4.78 is 10.4. The van der Waals surface area contributed by atoms with Crippen molar-refractivity contribution in [3.63, 3.8) is 0 Å². The van der Waals surface area contributed by atoms with Gasteiger partial charge in [-0.2, -0.15) is 0 Å². The summed E-state index contributed by atoms with van der Waals surface area (Å²) in [6.45, 7) is 2.93. The lowest BCUT2D eigenvalue weighted by Gasteiger charge is -2.06. The second-order valence-corrected chi connectivity index (χ2v) is 4.35. The third kappa shape index (κ3) is 6.50. The number of esters is 1. The summed E-state index contributed by atoms with van der Waals surface area (Å²) in [5.41, 5.74) is 0. The maximum absolute atomic E-state index is 11.1. The van der Waals surface area contributed by atoms with E-state index in [-0.39, 0.29) is 5.97 Å². The van der Waals surface area contributed by atoms with Gasteiger partial charge in [0.25, 0.3) is 0 Å². The van der Waals surface area contributed by atoms with Crippen LogP contribution in [0, 0.1) is 0 Å². The van der Waals surface area contributed by atoms with Crippen molar-refractivity contribution >= 4 is 17.6 Å². The van der Waals surface area contributed by atoms with Gasteiger partial charge in [-0.1, -0.05) is 11.6 Å². The molecule has 0 aliphatic rings. The molecule has 100 valence electrons. The van der Waals surface area contributed by atoms with Crippen LogP contribution in [0.3, 0.4) is 0 Å². The molecule has 0 bridgehead atoms. The Hall–Kier alpha value is -1.22. The molecule has 0 aliphatic heterocycles. The van der Waals surface area contributed by atoms with Crippen LogP contribution in [0.1, 0.15) is 32.6 Å². The van der Waals surface area contributed by atoms with Gasteiger partial charge >= 0.3 is 5.97 Å². The van der Waals surface area contributed by atoms with E-state index in [9.17, 15) is 4.79 Å². The lowest BCUT2D eigenvalue weighted by molar-refractivity contribution is -0.143. The number of halogens is 1. The highest BCUT2D eigenvalue weighted by Crippen LogP contribution is 2.15. The largest absolute Gasteiger partial charge is 0.494 e. The van der Waals surface area contributed by atoms with E-state index in [1.807, 2.05) is 19.1 Å². The molecule has 0 spiro atoms. The Morgan fingerprint density at radius 2 is 1.89 bits per heavy atom. The van der Waals surface area contributed by atoms with Gasteiger partial charge in [0.2, 0.25) is 0 Å². The van der Waals surface area contributed by atoms with Crippen LogP contribution < -0.4 is 4.74 Å². The van der Waals surface area contributed by atoms with Gasteiger partial charge in [-0.25, -0.2) is 0 Å². The van der Waals surface area contributed by atoms with Crippen LogP contribution in [-0.2, 0) is 9.53 Å². The maximum atomic E-state index is 11.1. The third-order valence-corrected chi connectivity index (χ3v) is 2.66. The Bertz CT molecular complexity index is 349. The van der Waals surface area contributed by atoms with Crippen molar-refractivity contribution in [1.29, 1.82) is 0 Å². The van der Waals surface area contributed by atoms with E-state index in [0.717, 1.165) is 25.0 Å². The summed E-state index contributed by atoms with van der Waals surface area (Å²) in [5.74, 6) is 0.709. The molecule has 0 unspecified atom stereocenters.